The molecule has 0 bridgehead atoms. The molecular weight excluding hydrogens is 415 g/mol. The second-order valence-corrected chi connectivity index (χ2v) is 7.73. The van der Waals surface area contributed by atoms with Crippen LogP contribution in [0.5, 0.6) is 0 Å². The molecule has 0 amide bonds. The van der Waals surface area contributed by atoms with Crippen LogP contribution in [0, 0.1) is 5.92 Å². The van der Waals surface area contributed by atoms with Gasteiger partial charge in [-0.25, -0.2) is 12.7 Å². The highest BCUT2D eigenvalue weighted by molar-refractivity contribution is 14.0. The molecule has 1 saturated heterocycles. The van der Waals surface area contributed by atoms with E-state index in [0.29, 0.717) is 13.1 Å². The predicted molar refractivity (Wildman–Crippen MR) is 103 cm³/mol. The first-order valence-corrected chi connectivity index (χ1v) is 9.64. The third kappa shape index (κ3) is 7.45. The zero-order valence-corrected chi connectivity index (χ0v) is 17.4. The molecule has 0 spiro atoms. The van der Waals surface area contributed by atoms with Gasteiger partial charge in [-0.3, -0.25) is 4.99 Å². The number of piperidine rings is 1. The van der Waals surface area contributed by atoms with Gasteiger partial charge in [0.05, 0.1) is 6.26 Å². The summed E-state index contributed by atoms with van der Waals surface area (Å²) in [6, 6.07) is 0. The highest BCUT2D eigenvalue weighted by atomic mass is 127. The van der Waals surface area contributed by atoms with Gasteiger partial charge < -0.3 is 10.2 Å². The molecule has 132 valence electrons. The maximum absolute atomic E-state index is 11.5. The molecule has 1 fully saturated rings. The topological polar surface area (TPSA) is 65.0 Å². The van der Waals surface area contributed by atoms with Crippen LogP contribution in [0.4, 0.5) is 0 Å². The molecule has 0 aromatic rings. The molecule has 0 unspecified atom stereocenters. The lowest BCUT2D eigenvalue weighted by atomic mass is 10.00. The Morgan fingerprint density at radius 3 is 2.41 bits per heavy atom. The van der Waals surface area contributed by atoms with Crippen LogP contribution in [0.1, 0.15) is 33.1 Å². The normalized spacial score (nSPS) is 17.5. The van der Waals surface area contributed by atoms with Crippen molar-refractivity contribution < 1.29 is 8.42 Å². The fourth-order valence-corrected chi connectivity index (χ4v) is 3.50. The fraction of sp³-hybridized carbons (Fsp3) is 0.929. The van der Waals surface area contributed by atoms with E-state index in [0.717, 1.165) is 37.9 Å². The third-order valence-electron chi connectivity index (χ3n) is 3.98. The van der Waals surface area contributed by atoms with Crippen LogP contribution in [-0.4, -0.2) is 69.6 Å². The lowest BCUT2D eigenvalue weighted by Crippen LogP contribution is -2.46. The molecule has 0 aliphatic carbocycles. The third-order valence-corrected chi connectivity index (χ3v) is 5.36. The molecule has 1 N–H and O–H groups in total. The van der Waals surface area contributed by atoms with E-state index < -0.39 is 10.0 Å². The number of nitrogens with one attached hydrogen (secondary N) is 1. The number of rotatable bonds is 6. The molecule has 1 aliphatic rings. The SMILES string of the molecule is CCN(CCCNC(=NC)N1CCC(C)CC1)S(C)(=O)=O.I. The summed E-state index contributed by atoms with van der Waals surface area (Å²) in [5.74, 6) is 1.73. The van der Waals surface area contributed by atoms with Crippen LogP contribution in [0.15, 0.2) is 4.99 Å². The van der Waals surface area contributed by atoms with Crippen LogP contribution < -0.4 is 5.32 Å². The minimum Gasteiger partial charge on any atom is -0.356 e. The van der Waals surface area contributed by atoms with Crippen molar-refractivity contribution in [2.24, 2.45) is 10.9 Å². The second-order valence-electron chi connectivity index (χ2n) is 5.75. The zero-order chi connectivity index (χ0) is 15.9. The smallest absolute Gasteiger partial charge is 0.211 e. The van der Waals surface area contributed by atoms with Crippen molar-refractivity contribution in [1.29, 1.82) is 0 Å². The maximum atomic E-state index is 11.5. The van der Waals surface area contributed by atoms with Crippen LogP contribution in [0.3, 0.4) is 0 Å². The van der Waals surface area contributed by atoms with E-state index in [9.17, 15) is 8.42 Å². The number of nitrogens with zero attached hydrogens (tertiary/aromatic N) is 3. The lowest BCUT2D eigenvalue weighted by molar-refractivity contribution is 0.273. The van der Waals surface area contributed by atoms with Gasteiger partial charge in [-0.1, -0.05) is 13.8 Å². The van der Waals surface area contributed by atoms with Crippen molar-refractivity contribution in [2.75, 3.05) is 46.0 Å². The Morgan fingerprint density at radius 1 is 1.36 bits per heavy atom. The Kier molecular flexibility index (Phi) is 10.6. The van der Waals surface area contributed by atoms with E-state index >= 15 is 0 Å². The quantitative estimate of drug-likeness (QED) is 0.291. The van der Waals surface area contributed by atoms with Gasteiger partial charge in [0, 0.05) is 39.8 Å². The Bertz CT molecular complexity index is 434. The standard InChI is InChI=1S/C14H30N4O2S.HI/c1-5-18(21(4,19)20)10-6-9-16-14(15-3)17-11-7-13(2)8-12-17;/h13H,5-12H2,1-4H3,(H,15,16);1H. The Hall–Kier alpha value is -0.0900. The number of guanidine groups is 1. The summed E-state index contributed by atoms with van der Waals surface area (Å²) in [5.41, 5.74) is 0. The number of hydrogen-bond acceptors (Lipinski definition) is 3. The van der Waals surface area contributed by atoms with Gasteiger partial charge in [0.25, 0.3) is 0 Å². The Labute approximate surface area is 152 Å². The van der Waals surface area contributed by atoms with E-state index in [1.165, 1.54) is 23.4 Å². The van der Waals surface area contributed by atoms with E-state index in [2.05, 4.69) is 22.1 Å². The number of hydrogen-bond donors (Lipinski definition) is 1. The van der Waals surface area contributed by atoms with E-state index in [1.807, 2.05) is 6.92 Å². The van der Waals surface area contributed by atoms with Gasteiger partial charge in [0.15, 0.2) is 5.96 Å². The number of sulfonamides is 1. The molecule has 8 heteroatoms. The van der Waals surface area contributed by atoms with Gasteiger partial charge in [-0.05, 0) is 25.2 Å². The van der Waals surface area contributed by atoms with Crippen LogP contribution in [0.2, 0.25) is 0 Å². The molecule has 0 radical (unpaired) electrons. The maximum Gasteiger partial charge on any atom is 0.211 e. The molecule has 1 rings (SSSR count). The van der Waals surface area contributed by atoms with Crippen molar-refractivity contribution >= 4 is 40.0 Å². The van der Waals surface area contributed by atoms with Crippen LogP contribution in [0.25, 0.3) is 0 Å². The molecule has 0 atom stereocenters. The van der Waals surface area contributed by atoms with Crippen LogP contribution in [-0.2, 0) is 10.0 Å². The minimum atomic E-state index is -3.08. The average Bonchev–Trinajstić information content (AvgIpc) is 2.43. The van der Waals surface area contributed by atoms with E-state index in [4.69, 9.17) is 0 Å². The first-order valence-electron chi connectivity index (χ1n) is 7.79. The largest absolute Gasteiger partial charge is 0.356 e. The Balaban J connectivity index is 0.00000441. The fourth-order valence-electron chi connectivity index (χ4n) is 2.57. The van der Waals surface area contributed by atoms with Gasteiger partial charge in [-0.15, -0.1) is 24.0 Å². The second kappa shape index (κ2) is 10.6. The molecule has 6 nitrogen and oxygen atoms in total. The summed E-state index contributed by atoms with van der Waals surface area (Å²) in [5, 5.41) is 3.34. The van der Waals surface area contributed by atoms with E-state index in [-0.39, 0.29) is 24.0 Å². The molecule has 0 aromatic carbocycles. The van der Waals surface area contributed by atoms with Gasteiger partial charge in [0.2, 0.25) is 10.0 Å². The summed E-state index contributed by atoms with van der Waals surface area (Å²) in [7, 11) is -1.28. The zero-order valence-electron chi connectivity index (χ0n) is 14.2. The molecule has 0 aromatic heterocycles. The summed E-state index contributed by atoms with van der Waals surface area (Å²) in [6.07, 6.45) is 4.46. The van der Waals surface area contributed by atoms with Gasteiger partial charge >= 0.3 is 0 Å². The highest BCUT2D eigenvalue weighted by Crippen LogP contribution is 2.15. The summed E-state index contributed by atoms with van der Waals surface area (Å²) in [6.45, 7) is 8.07. The first-order chi connectivity index (χ1) is 9.88. The van der Waals surface area contributed by atoms with Gasteiger partial charge in [-0.2, -0.15) is 0 Å². The van der Waals surface area contributed by atoms with Crippen molar-refractivity contribution in [2.45, 2.75) is 33.1 Å². The number of likely N-dealkylation sites (tertiary alicyclic amines) is 1. The minimum absolute atomic E-state index is 0. The van der Waals surface area contributed by atoms with Crippen molar-refractivity contribution in [3.8, 4) is 0 Å². The average molecular weight is 446 g/mol. The van der Waals surface area contributed by atoms with Gasteiger partial charge in [0.1, 0.15) is 0 Å². The monoisotopic (exact) mass is 446 g/mol. The number of aliphatic imine (C=N–C) groups is 1. The number of halogens is 1. The van der Waals surface area contributed by atoms with Crippen molar-refractivity contribution in [1.82, 2.24) is 14.5 Å². The van der Waals surface area contributed by atoms with Crippen LogP contribution >= 0.6 is 24.0 Å². The van der Waals surface area contributed by atoms with E-state index in [1.54, 1.807) is 7.05 Å². The molecule has 0 saturated carbocycles. The highest BCUT2D eigenvalue weighted by Gasteiger charge is 2.18. The summed E-state index contributed by atoms with van der Waals surface area (Å²) < 4.78 is 24.5. The summed E-state index contributed by atoms with van der Waals surface area (Å²) in [4.78, 5) is 6.61. The molecule has 1 heterocycles. The lowest BCUT2D eigenvalue weighted by Gasteiger charge is -2.33. The van der Waals surface area contributed by atoms with Crippen molar-refractivity contribution in [3.05, 3.63) is 0 Å². The first kappa shape index (κ1) is 21.9. The molecule has 1 aliphatic heterocycles. The molecule has 22 heavy (non-hydrogen) atoms. The molecular formula is C14H31IN4O2S. The Morgan fingerprint density at radius 2 is 1.95 bits per heavy atom. The summed E-state index contributed by atoms with van der Waals surface area (Å²) >= 11 is 0. The predicted octanol–water partition coefficient (Wildman–Crippen LogP) is 1.58. The van der Waals surface area contributed by atoms with Crippen molar-refractivity contribution in [3.63, 3.8) is 0 Å².